The minimum Gasteiger partial charge on any atom is -0.462 e. The Morgan fingerprint density at radius 3 is 2.11 bits per heavy atom. The normalized spacial score (nSPS) is 45.9. The number of rotatable bonds is 13. The van der Waals surface area contributed by atoms with Crippen LogP contribution in [-0.2, 0) is 57.0 Å². The van der Waals surface area contributed by atoms with Crippen LogP contribution in [0.5, 0.6) is 0 Å². The Morgan fingerprint density at radius 2 is 1.52 bits per heavy atom. The quantitative estimate of drug-likeness (QED) is 0.131. The fourth-order valence-corrected chi connectivity index (χ4v) is 9.51. The van der Waals surface area contributed by atoms with Crippen molar-refractivity contribution in [3.63, 3.8) is 0 Å². The lowest BCUT2D eigenvalue weighted by Crippen LogP contribution is -2.65. The van der Waals surface area contributed by atoms with Crippen molar-refractivity contribution in [2.75, 3.05) is 34.9 Å². The Kier molecular flexibility index (Phi) is 20.5. The van der Waals surface area contributed by atoms with Crippen LogP contribution in [0.2, 0.25) is 0 Å². The van der Waals surface area contributed by atoms with Crippen molar-refractivity contribution in [2.45, 2.75) is 191 Å². The van der Waals surface area contributed by atoms with E-state index in [0.29, 0.717) is 12.0 Å². The van der Waals surface area contributed by atoms with E-state index in [4.69, 9.17) is 42.6 Å². The number of aldehydes is 1. The molecule has 0 aliphatic carbocycles. The number of carbonyl (C=O) groups excluding carboxylic acids is 3. The van der Waals surface area contributed by atoms with Gasteiger partial charge in [0.2, 0.25) is 0 Å². The topological polar surface area (TPSA) is 239 Å². The average molecular weight is 916 g/mol. The van der Waals surface area contributed by atoms with Crippen LogP contribution < -0.4 is 0 Å². The lowest BCUT2D eigenvalue weighted by molar-refractivity contribution is -0.341. The predicted molar refractivity (Wildman–Crippen MR) is 230 cm³/mol. The number of aliphatic hydroxyl groups excluding tert-OH is 4. The van der Waals surface area contributed by atoms with Gasteiger partial charge in [0.1, 0.15) is 49.0 Å². The van der Waals surface area contributed by atoms with Crippen molar-refractivity contribution >= 4 is 18.0 Å². The van der Waals surface area contributed by atoms with Gasteiger partial charge in [-0.15, -0.1) is 0 Å². The first kappa shape index (κ1) is 54.3. The van der Waals surface area contributed by atoms with Crippen LogP contribution in [0.4, 0.5) is 0 Å². The number of hydrogen-bond donors (Lipinski definition) is 5. The standard InChI is InChI=1S/C46H77NO17/c1-13-33-30(22-58-45-42(57-12)41(56-11)37(52)26(5)60-45)18-23(2)14-15-31(49)24(3)19-29(16-17-48)39(25(4)32(50)20-34(51)62-33)64-44-38(53)36(47(9)10)40(27(6)61-44)63-35-21-46(8,55)43(54)28(7)59-35/h14-15,17-18,24-30,32-33,35-45,50,52-55H,13,16,19-22H2,1-12H3/b15-14+,23-18+/t24-,25+,26?,27-,28-,29+,30-,32-,33-,35+,36?,37-,38?,39-,40-,41+,42?,43+,44+,45-,46?/m1/s1. The molecule has 4 heterocycles. The molecular formula is C46H77NO17. The van der Waals surface area contributed by atoms with Gasteiger partial charge in [-0.05, 0) is 73.5 Å². The highest BCUT2D eigenvalue weighted by Crippen LogP contribution is 2.37. The van der Waals surface area contributed by atoms with Crippen LogP contribution in [0.15, 0.2) is 23.8 Å². The number of likely N-dealkylation sites (N-methyl/N-ethyl adjacent to an activating group) is 1. The molecule has 5 N–H and O–H groups in total. The number of carbonyl (C=O) groups is 3. The van der Waals surface area contributed by atoms with Gasteiger partial charge in [-0.3, -0.25) is 9.59 Å². The average Bonchev–Trinajstić information content (AvgIpc) is 3.23. The molecule has 0 aromatic carbocycles. The molecule has 18 nitrogen and oxygen atoms in total. The van der Waals surface area contributed by atoms with E-state index < -0.39 is 140 Å². The van der Waals surface area contributed by atoms with Crippen LogP contribution in [0.25, 0.3) is 0 Å². The molecule has 0 aromatic rings. The van der Waals surface area contributed by atoms with Gasteiger partial charge in [0.25, 0.3) is 0 Å². The Labute approximate surface area is 378 Å². The first-order valence-electron chi connectivity index (χ1n) is 22.7. The molecule has 0 aromatic heterocycles. The summed E-state index contributed by atoms with van der Waals surface area (Å²) >= 11 is 0. The molecule has 21 atom stereocenters. The second-order valence-electron chi connectivity index (χ2n) is 18.7. The molecule has 4 aliphatic rings. The number of ether oxygens (including phenoxy) is 9. The minimum atomic E-state index is -1.49. The summed E-state index contributed by atoms with van der Waals surface area (Å²) in [6, 6.07) is -0.748. The number of aliphatic hydroxyl groups is 5. The monoisotopic (exact) mass is 916 g/mol. The van der Waals surface area contributed by atoms with Crippen LogP contribution in [0.3, 0.4) is 0 Å². The van der Waals surface area contributed by atoms with Gasteiger partial charge in [0, 0.05) is 44.8 Å². The van der Waals surface area contributed by atoms with E-state index in [1.807, 2.05) is 19.9 Å². The SMILES string of the molecule is CC[C@H]1OC(=O)C[C@@H](O)[C@H](C)[C@@H](O[C@@H]2O[C@H](C)[C@@H](O[C@H]3CC(C)(O)[C@@H](O)[C@@H](C)O3)C(N(C)C)C2O)[C@@H](CC=O)C[C@@H](C)C(=O)/C=C/C(C)=C/[C@@H]1CO[C@@H]1OC(C)[C@@H](O)[C@H](OC)C1OC. The van der Waals surface area contributed by atoms with E-state index in [1.165, 1.54) is 27.2 Å². The van der Waals surface area contributed by atoms with Gasteiger partial charge >= 0.3 is 5.97 Å². The number of esters is 1. The predicted octanol–water partition coefficient (Wildman–Crippen LogP) is 1.83. The highest BCUT2D eigenvalue weighted by molar-refractivity contribution is 5.91. The van der Waals surface area contributed by atoms with E-state index in [-0.39, 0.29) is 31.7 Å². The molecule has 5 unspecified atom stereocenters. The molecule has 4 aliphatic heterocycles. The Bertz CT molecular complexity index is 1560. The van der Waals surface area contributed by atoms with Crippen LogP contribution >= 0.6 is 0 Å². The summed E-state index contributed by atoms with van der Waals surface area (Å²) in [6.45, 7) is 13.6. The fraction of sp³-hybridized carbons (Fsp3) is 0.848. The van der Waals surface area contributed by atoms with Crippen LogP contribution in [0.1, 0.15) is 87.5 Å². The summed E-state index contributed by atoms with van der Waals surface area (Å²) < 4.78 is 54.7. The second-order valence-corrected chi connectivity index (χ2v) is 18.7. The molecule has 64 heavy (non-hydrogen) atoms. The molecule has 0 radical (unpaired) electrons. The summed E-state index contributed by atoms with van der Waals surface area (Å²) in [5.74, 6) is -3.59. The van der Waals surface area contributed by atoms with Gasteiger partial charge in [-0.2, -0.15) is 0 Å². The number of nitrogens with zero attached hydrogens (tertiary/aromatic N) is 1. The number of allylic oxidation sites excluding steroid dienone is 3. The zero-order valence-corrected chi connectivity index (χ0v) is 39.7. The summed E-state index contributed by atoms with van der Waals surface area (Å²) in [6.07, 6.45) is -8.49. The molecule has 3 fully saturated rings. The molecular weight excluding hydrogens is 838 g/mol. The lowest BCUT2D eigenvalue weighted by Gasteiger charge is -2.50. The van der Waals surface area contributed by atoms with Gasteiger partial charge < -0.3 is 77.9 Å². The minimum absolute atomic E-state index is 0.00788. The maximum atomic E-state index is 13.8. The third-order valence-electron chi connectivity index (χ3n) is 13.4. The number of cyclic esters (lactones) is 1. The van der Waals surface area contributed by atoms with Crippen molar-refractivity contribution in [3.8, 4) is 0 Å². The van der Waals surface area contributed by atoms with E-state index >= 15 is 0 Å². The van der Waals surface area contributed by atoms with E-state index in [1.54, 1.807) is 59.7 Å². The largest absolute Gasteiger partial charge is 0.462 e. The molecule has 4 rings (SSSR count). The zero-order valence-electron chi connectivity index (χ0n) is 39.7. The summed E-state index contributed by atoms with van der Waals surface area (Å²) in [7, 11) is 6.43. The highest BCUT2D eigenvalue weighted by Gasteiger charge is 2.52. The highest BCUT2D eigenvalue weighted by atomic mass is 16.7. The Morgan fingerprint density at radius 1 is 0.859 bits per heavy atom. The van der Waals surface area contributed by atoms with Gasteiger partial charge in [0.15, 0.2) is 24.7 Å². The lowest BCUT2D eigenvalue weighted by atomic mass is 9.79. The number of methoxy groups -OCH3 is 2. The third kappa shape index (κ3) is 13.5. The second kappa shape index (κ2) is 24.1. The zero-order chi connectivity index (χ0) is 47.8. The van der Waals surface area contributed by atoms with Crippen molar-refractivity contribution in [1.82, 2.24) is 4.90 Å². The molecule has 0 bridgehead atoms. The summed E-state index contributed by atoms with van der Waals surface area (Å²) in [4.78, 5) is 41.5. The van der Waals surface area contributed by atoms with Crippen molar-refractivity contribution in [3.05, 3.63) is 23.8 Å². The Balaban J connectivity index is 1.62. The summed E-state index contributed by atoms with van der Waals surface area (Å²) in [5, 5.41) is 55.8. The molecule has 368 valence electrons. The van der Waals surface area contributed by atoms with Gasteiger partial charge in [0.05, 0.1) is 55.2 Å². The first-order valence-corrected chi connectivity index (χ1v) is 22.7. The first-order chi connectivity index (χ1) is 30.1. The molecule has 18 heteroatoms. The van der Waals surface area contributed by atoms with Gasteiger partial charge in [-0.1, -0.05) is 38.5 Å². The van der Waals surface area contributed by atoms with Crippen LogP contribution in [-0.4, -0.2) is 187 Å². The van der Waals surface area contributed by atoms with E-state index in [2.05, 4.69) is 0 Å². The smallest absolute Gasteiger partial charge is 0.308 e. The number of hydrogen-bond acceptors (Lipinski definition) is 18. The molecule has 0 saturated carbocycles. The van der Waals surface area contributed by atoms with Crippen molar-refractivity contribution in [1.29, 1.82) is 0 Å². The molecule has 0 amide bonds. The fourth-order valence-electron chi connectivity index (χ4n) is 9.51. The third-order valence-corrected chi connectivity index (χ3v) is 13.4. The van der Waals surface area contributed by atoms with Gasteiger partial charge in [-0.25, -0.2) is 0 Å². The van der Waals surface area contributed by atoms with E-state index in [0.717, 1.165) is 6.29 Å². The maximum Gasteiger partial charge on any atom is 0.308 e. The van der Waals surface area contributed by atoms with Crippen molar-refractivity contribution in [2.24, 2.45) is 23.7 Å². The maximum absolute atomic E-state index is 13.8. The summed E-state index contributed by atoms with van der Waals surface area (Å²) in [5.41, 5.74) is -0.806. The molecule has 0 spiro atoms. The van der Waals surface area contributed by atoms with Crippen LogP contribution in [0, 0.1) is 23.7 Å². The Hall–Kier alpha value is -2.27. The van der Waals surface area contributed by atoms with Crippen molar-refractivity contribution < 1.29 is 82.5 Å². The number of ketones is 1. The molecule has 3 saturated heterocycles. The van der Waals surface area contributed by atoms with E-state index in [9.17, 15) is 39.9 Å².